The molecule has 0 aliphatic carbocycles. The summed E-state index contributed by atoms with van der Waals surface area (Å²) in [6, 6.07) is 21.5. The van der Waals surface area contributed by atoms with Crippen molar-refractivity contribution in [2.24, 2.45) is 0 Å². The molecule has 0 aromatic heterocycles. The number of nitrogens with zero attached hydrogens (tertiary/aromatic N) is 1. The summed E-state index contributed by atoms with van der Waals surface area (Å²) in [5, 5.41) is -0.416. The quantitative estimate of drug-likeness (QED) is 0.411. The van der Waals surface area contributed by atoms with Gasteiger partial charge in [0.25, 0.3) is 5.91 Å². The van der Waals surface area contributed by atoms with Gasteiger partial charge in [-0.3, -0.25) is 4.79 Å². The number of hydrogen-bond donors (Lipinski definition) is 0. The summed E-state index contributed by atoms with van der Waals surface area (Å²) in [5.41, 5.74) is 1.14. The third-order valence-electron chi connectivity index (χ3n) is 5.17. The van der Waals surface area contributed by atoms with Crippen molar-refractivity contribution in [1.29, 1.82) is 0 Å². The number of rotatable bonds is 7. The molecule has 2 atom stereocenters. The van der Waals surface area contributed by atoms with Crippen LogP contribution in [-0.4, -0.2) is 35.2 Å². The van der Waals surface area contributed by atoms with Crippen molar-refractivity contribution in [3.05, 3.63) is 95.8 Å². The summed E-state index contributed by atoms with van der Waals surface area (Å²) in [6.45, 7) is 2.21. The molecule has 0 N–H and O–H groups in total. The number of carbonyl (C=O) groups is 2. The Hall–Kier alpha value is -3.32. The SMILES string of the molecule is CCCOC(=O)C1CSC(c2cccc(Oc3ccccc3)c2)N1C(=O)c1ccc(F)cc1. The van der Waals surface area contributed by atoms with Gasteiger partial charge in [-0.1, -0.05) is 37.3 Å². The van der Waals surface area contributed by atoms with E-state index in [0.717, 1.165) is 5.56 Å². The standard InChI is InChI=1S/C26H24FNO4S/c1-2-15-31-26(30)23-17-33-25(28(23)24(29)18-11-13-20(27)14-12-18)19-7-6-10-22(16-19)32-21-8-4-3-5-9-21/h3-14,16,23,25H,2,15,17H2,1H3. The van der Waals surface area contributed by atoms with Crippen LogP contribution in [0.3, 0.4) is 0 Å². The van der Waals surface area contributed by atoms with Gasteiger partial charge in [-0.25, -0.2) is 9.18 Å². The van der Waals surface area contributed by atoms with Gasteiger partial charge in [0, 0.05) is 11.3 Å². The zero-order chi connectivity index (χ0) is 23.2. The number of ether oxygens (including phenoxy) is 2. The maximum Gasteiger partial charge on any atom is 0.329 e. The summed E-state index contributed by atoms with van der Waals surface area (Å²) in [5.74, 6) is 0.532. The van der Waals surface area contributed by atoms with Crippen LogP contribution < -0.4 is 4.74 Å². The van der Waals surface area contributed by atoms with Crippen LogP contribution in [0.4, 0.5) is 4.39 Å². The van der Waals surface area contributed by atoms with Crippen LogP contribution in [0, 0.1) is 5.82 Å². The fraction of sp³-hybridized carbons (Fsp3) is 0.231. The number of carbonyl (C=O) groups excluding carboxylic acids is 2. The van der Waals surface area contributed by atoms with E-state index >= 15 is 0 Å². The lowest BCUT2D eigenvalue weighted by atomic mass is 10.1. The van der Waals surface area contributed by atoms with Crippen molar-refractivity contribution in [3.63, 3.8) is 0 Å². The molecule has 2 unspecified atom stereocenters. The average Bonchev–Trinajstić information content (AvgIpc) is 3.29. The Kier molecular flexibility index (Phi) is 7.29. The Morgan fingerprint density at radius 1 is 1.00 bits per heavy atom. The highest BCUT2D eigenvalue weighted by atomic mass is 32.2. The summed E-state index contributed by atoms with van der Waals surface area (Å²) in [7, 11) is 0. The monoisotopic (exact) mass is 465 g/mol. The Morgan fingerprint density at radius 3 is 2.45 bits per heavy atom. The molecule has 1 aliphatic heterocycles. The molecule has 170 valence electrons. The molecule has 3 aromatic carbocycles. The lowest BCUT2D eigenvalue weighted by Gasteiger charge is -2.29. The van der Waals surface area contributed by atoms with Crippen LogP contribution in [0.2, 0.25) is 0 Å². The highest BCUT2D eigenvalue weighted by Crippen LogP contribution is 2.43. The summed E-state index contributed by atoms with van der Waals surface area (Å²) in [4.78, 5) is 27.8. The van der Waals surface area contributed by atoms with Crippen LogP contribution in [0.15, 0.2) is 78.9 Å². The van der Waals surface area contributed by atoms with Crippen LogP contribution in [0.1, 0.15) is 34.6 Å². The van der Waals surface area contributed by atoms with Gasteiger partial charge in [-0.2, -0.15) is 0 Å². The first-order chi connectivity index (χ1) is 16.1. The largest absolute Gasteiger partial charge is 0.464 e. The first-order valence-electron chi connectivity index (χ1n) is 10.8. The normalized spacial score (nSPS) is 17.6. The lowest BCUT2D eigenvalue weighted by molar-refractivity contribution is -0.148. The number of benzene rings is 3. The van der Waals surface area contributed by atoms with E-state index in [1.54, 1.807) is 0 Å². The van der Waals surface area contributed by atoms with Crippen molar-refractivity contribution >= 4 is 23.6 Å². The smallest absolute Gasteiger partial charge is 0.329 e. The number of thioether (sulfide) groups is 1. The number of halogens is 1. The van der Waals surface area contributed by atoms with Gasteiger partial charge in [0.05, 0.1) is 6.61 Å². The average molecular weight is 466 g/mol. The Balaban J connectivity index is 1.64. The van der Waals surface area contributed by atoms with E-state index in [1.807, 2.05) is 61.5 Å². The molecule has 1 fully saturated rings. The van der Waals surface area contributed by atoms with Gasteiger partial charge >= 0.3 is 5.97 Å². The van der Waals surface area contributed by atoms with Gasteiger partial charge < -0.3 is 14.4 Å². The van der Waals surface area contributed by atoms with Gasteiger partial charge in [-0.05, 0) is 60.5 Å². The molecular weight excluding hydrogens is 441 g/mol. The van der Waals surface area contributed by atoms with E-state index in [2.05, 4.69) is 0 Å². The highest BCUT2D eigenvalue weighted by molar-refractivity contribution is 7.99. The number of amides is 1. The first-order valence-corrected chi connectivity index (χ1v) is 11.8. The molecule has 0 bridgehead atoms. The molecule has 1 aliphatic rings. The Morgan fingerprint density at radius 2 is 1.73 bits per heavy atom. The molecule has 7 heteroatoms. The van der Waals surface area contributed by atoms with E-state index < -0.39 is 23.2 Å². The van der Waals surface area contributed by atoms with E-state index in [-0.39, 0.29) is 5.91 Å². The van der Waals surface area contributed by atoms with Crippen LogP contribution in [0.5, 0.6) is 11.5 Å². The summed E-state index contributed by atoms with van der Waals surface area (Å²) >= 11 is 1.49. The lowest BCUT2D eigenvalue weighted by Crippen LogP contribution is -2.44. The minimum Gasteiger partial charge on any atom is -0.464 e. The van der Waals surface area contributed by atoms with Crippen molar-refractivity contribution in [3.8, 4) is 11.5 Å². The molecule has 0 radical (unpaired) electrons. The molecule has 33 heavy (non-hydrogen) atoms. The maximum absolute atomic E-state index is 13.5. The van der Waals surface area contributed by atoms with Gasteiger partial charge in [0.15, 0.2) is 0 Å². The van der Waals surface area contributed by atoms with Gasteiger partial charge in [0.1, 0.15) is 28.7 Å². The second-order valence-corrected chi connectivity index (χ2v) is 8.69. The zero-order valence-corrected chi connectivity index (χ0v) is 19.0. The maximum atomic E-state index is 13.5. The predicted octanol–water partition coefficient (Wildman–Crippen LogP) is 5.83. The van der Waals surface area contributed by atoms with Gasteiger partial charge in [-0.15, -0.1) is 11.8 Å². The summed E-state index contributed by atoms with van der Waals surface area (Å²) in [6.07, 6.45) is 0.694. The molecule has 1 heterocycles. The molecule has 1 amide bonds. The zero-order valence-electron chi connectivity index (χ0n) is 18.1. The first kappa shape index (κ1) is 22.9. The van der Waals surface area contributed by atoms with Gasteiger partial charge in [0.2, 0.25) is 0 Å². The molecular formula is C26H24FNO4S. The summed E-state index contributed by atoms with van der Waals surface area (Å²) < 4.78 is 24.7. The minimum absolute atomic E-state index is 0.295. The topological polar surface area (TPSA) is 55.8 Å². The van der Waals surface area contributed by atoms with E-state index in [0.29, 0.717) is 35.8 Å². The molecule has 0 saturated carbocycles. The number of hydrogen-bond acceptors (Lipinski definition) is 5. The van der Waals surface area contributed by atoms with Crippen molar-refractivity contribution in [1.82, 2.24) is 4.90 Å². The molecule has 3 aromatic rings. The number of esters is 1. The molecule has 4 rings (SSSR count). The second-order valence-electron chi connectivity index (χ2n) is 7.58. The van der Waals surface area contributed by atoms with Crippen molar-refractivity contribution in [2.45, 2.75) is 24.8 Å². The third kappa shape index (κ3) is 5.37. The van der Waals surface area contributed by atoms with Crippen LogP contribution in [0.25, 0.3) is 0 Å². The molecule has 0 spiro atoms. The van der Waals surface area contributed by atoms with E-state index in [1.165, 1.54) is 40.9 Å². The van der Waals surface area contributed by atoms with Crippen LogP contribution in [-0.2, 0) is 9.53 Å². The minimum atomic E-state index is -0.734. The van der Waals surface area contributed by atoms with Crippen LogP contribution >= 0.6 is 11.8 Å². The molecule has 5 nitrogen and oxygen atoms in total. The molecule has 1 saturated heterocycles. The third-order valence-corrected chi connectivity index (χ3v) is 6.49. The fourth-order valence-electron chi connectivity index (χ4n) is 3.59. The Labute approximate surface area is 196 Å². The fourth-order valence-corrected chi connectivity index (χ4v) is 4.99. The van der Waals surface area contributed by atoms with Crippen molar-refractivity contribution < 1.29 is 23.5 Å². The highest BCUT2D eigenvalue weighted by Gasteiger charge is 2.43. The second kappa shape index (κ2) is 10.5. The van der Waals surface area contributed by atoms with E-state index in [9.17, 15) is 14.0 Å². The Bertz CT molecular complexity index is 1110. The van der Waals surface area contributed by atoms with Crippen molar-refractivity contribution in [2.75, 3.05) is 12.4 Å². The van der Waals surface area contributed by atoms with E-state index in [4.69, 9.17) is 9.47 Å². The number of para-hydroxylation sites is 1. The predicted molar refractivity (Wildman–Crippen MR) is 126 cm³/mol.